The van der Waals surface area contributed by atoms with E-state index in [0.29, 0.717) is 24.2 Å². The van der Waals surface area contributed by atoms with E-state index in [0.717, 1.165) is 4.90 Å². The molecule has 1 aliphatic heterocycles. The molecule has 26 heavy (non-hydrogen) atoms. The fourth-order valence-corrected chi connectivity index (χ4v) is 2.74. The molecule has 0 aliphatic carbocycles. The number of benzene rings is 1. The average molecular weight is 352 g/mol. The Morgan fingerprint density at radius 1 is 1.27 bits per heavy atom. The van der Waals surface area contributed by atoms with Gasteiger partial charge < -0.3 is 10.2 Å². The number of nitriles is 1. The molecule has 1 atom stereocenters. The highest BCUT2D eigenvalue weighted by Crippen LogP contribution is 2.29. The monoisotopic (exact) mass is 352 g/mol. The van der Waals surface area contributed by atoms with E-state index in [4.69, 9.17) is 5.26 Å². The van der Waals surface area contributed by atoms with E-state index < -0.39 is 17.5 Å². The Kier molecular flexibility index (Phi) is 5.58. The van der Waals surface area contributed by atoms with Gasteiger partial charge in [-0.3, -0.25) is 14.5 Å². The first kappa shape index (κ1) is 18.9. The predicted molar refractivity (Wildman–Crippen MR) is 95.7 cm³/mol. The summed E-state index contributed by atoms with van der Waals surface area (Å²) >= 11 is 0. The van der Waals surface area contributed by atoms with E-state index in [1.807, 2.05) is 6.07 Å². The number of hydrogen-bond acceptors (Lipinski definition) is 4. The van der Waals surface area contributed by atoms with Gasteiger partial charge in [0.05, 0.1) is 11.6 Å². The number of urea groups is 1. The Morgan fingerprint density at radius 3 is 2.35 bits per heavy atom. The summed E-state index contributed by atoms with van der Waals surface area (Å²) in [5.41, 5.74) is -0.294. The number of imide groups is 1. The van der Waals surface area contributed by atoms with Gasteiger partial charge in [0.1, 0.15) is 12.1 Å². The van der Waals surface area contributed by atoms with Gasteiger partial charge >= 0.3 is 6.03 Å². The second-order valence-electron chi connectivity index (χ2n) is 6.01. The lowest BCUT2D eigenvalue weighted by Crippen LogP contribution is -2.44. The summed E-state index contributed by atoms with van der Waals surface area (Å²) in [6, 6.07) is 7.74. The topological polar surface area (TPSA) is 93.5 Å². The first-order valence-corrected chi connectivity index (χ1v) is 8.01. The van der Waals surface area contributed by atoms with Gasteiger partial charge in [-0.2, -0.15) is 5.26 Å². The van der Waals surface area contributed by atoms with Crippen LogP contribution in [0.2, 0.25) is 0 Å². The summed E-state index contributed by atoms with van der Waals surface area (Å²) in [6.07, 6.45) is 3.13. The SMILES string of the molecule is C=CCN(CC=C)C(=O)CN1C(=O)N[C@](C)(c2ccc(C#N)cc2)C1=O. The maximum atomic E-state index is 12.8. The normalized spacial score (nSPS) is 18.8. The third kappa shape index (κ3) is 3.49. The number of nitrogens with one attached hydrogen (secondary N) is 1. The van der Waals surface area contributed by atoms with Crippen LogP contribution in [0.15, 0.2) is 49.6 Å². The first-order valence-electron chi connectivity index (χ1n) is 8.01. The molecule has 0 aromatic heterocycles. The Bertz CT molecular complexity index is 784. The minimum Gasteiger partial charge on any atom is -0.334 e. The molecular weight excluding hydrogens is 332 g/mol. The molecule has 1 aromatic carbocycles. The van der Waals surface area contributed by atoms with Crippen LogP contribution in [0.4, 0.5) is 4.79 Å². The standard InChI is InChI=1S/C19H20N4O3/c1-4-10-22(11-5-2)16(24)13-23-17(25)19(3,21-18(23)26)15-8-6-14(12-20)7-9-15/h4-9H,1-2,10-11,13H2,3H3,(H,21,26)/t19-/m1/s1. The highest BCUT2D eigenvalue weighted by molar-refractivity contribution is 6.09. The van der Waals surface area contributed by atoms with Gasteiger partial charge in [-0.1, -0.05) is 24.3 Å². The molecule has 134 valence electrons. The number of hydrogen-bond donors (Lipinski definition) is 1. The second-order valence-corrected chi connectivity index (χ2v) is 6.01. The fraction of sp³-hybridized carbons (Fsp3) is 0.263. The van der Waals surface area contributed by atoms with Crippen molar-refractivity contribution in [3.05, 3.63) is 60.7 Å². The largest absolute Gasteiger partial charge is 0.334 e. The van der Waals surface area contributed by atoms with E-state index in [9.17, 15) is 14.4 Å². The van der Waals surface area contributed by atoms with Crippen molar-refractivity contribution >= 4 is 17.8 Å². The van der Waals surface area contributed by atoms with E-state index in [1.54, 1.807) is 43.3 Å². The minimum absolute atomic E-state index is 0.293. The lowest BCUT2D eigenvalue weighted by Gasteiger charge is -2.24. The van der Waals surface area contributed by atoms with Crippen LogP contribution in [-0.4, -0.2) is 47.3 Å². The van der Waals surface area contributed by atoms with Crippen LogP contribution in [0.5, 0.6) is 0 Å². The molecule has 1 aliphatic rings. The summed E-state index contributed by atoms with van der Waals surface area (Å²) in [4.78, 5) is 39.9. The molecule has 0 unspecified atom stereocenters. The van der Waals surface area contributed by atoms with E-state index in [1.165, 1.54) is 4.90 Å². The van der Waals surface area contributed by atoms with Crippen molar-refractivity contribution in [2.24, 2.45) is 0 Å². The molecule has 1 aromatic rings. The summed E-state index contributed by atoms with van der Waals surface area (Å²) in [5, 5.41) is 11.5. The quantitative estimate of drug-likeness (QED) is 0.595. The van der Waals surface area contributed by atoms with Gasteiger partial charge in [0.2, 0.25) is 5.91 Å². The molecular formula is C19H20N4O3. The maximum Gasteiger partial charge on any atom is 0.325 e. The van der Waals surface area contributed by atoms with Crippen LogP contribution < -0.4 is 5.32 Å². The molecule has 0 saturated carbocycles. The van der Waals surface area contributed by atoms with Crippen LogP contribution >= 0.6 is 0 Å². The predicted octanol–water partition coefficient (Wildman–Crippen LogP) is 1.53. The van der Waals surface area contributed by atoms with Gasteiger partial charge in [-0.15, -0.1) is 13.2 Å². The zero-order chi connectivity index (χ0) is 19.3. The van der Waals surface area contributed by atoms with Crippen molar-refractivity contribution < 1.29 is 14.4 Å². The lowest BCUT2D eigenvalue weighted by atomic mass is 9.91. The number of carbonyl (C=O) groups is 3. The van der Waals surface area contributed by atoms with E-state index >= 15 is 0 Å². The molecule has 1 fully saturated rings. The summed E-state index contributed by atoms with van der Waals surface area (Å²) in [7, 11) is 0. The van der Waals surface area contributed by atoms with Crippen molar-refractivity contribution in [2.75, 3.05) is 19.6 Å². The number of carbonyl (C=O) groups excluding carboxylic acids is 3. The molecule has 0 spiro atoms. The molecule has 0 bridgehead atoms. The highest BCUT2D eigenvalue weighted by atomic mass is 16.2. The highest BCUT2D eigenvalue weighted by Gasteiger charge is 2.49. The van der Waals surface area contributed by atoms with Gasteiger partial charge in [0, 0.05) is 13.1 Å². The molecule has 1 N–H and O–H groups in total. The third-order valence-electron chi connectivity index (χ3n) is 4.21. The molecule has 2 rings (SSSR count). The second kappa shape index (κ2) is 7.66. The molecule has 1 heterocycles. The Labute approximate surface area is 152 Å². The fourth-order valence-electron chi connectivity index (χ4n) is 2.74. The molecule has 4 amide bonds. The molecule has 7 heteroatoms. The smallest absolute Gasteiger partial charge is 0.325 e. The summed E-state index contributed by atoms with van der Waals surface area (Å²) < 4.78 is 0. The Hall–Kier alpha value is -3.40. The zero-order valence-electron chi connectivity index (χ0n) is 14.6. The van der Waals surface area contributed by atoms with Gasteiger partial charge in [0.15, 0.2) is 0 Å². The third-order valence-corrected chi connectivity index (χ3v) is 4.21. The van der Waals surface area contributed by atoms with Crippen molar-refractivity contribution in [1.29, 1.82) is 5.26 Å². The first-order chi connectivity index (χ1) is 12.4. The van der Waals surface area contributed by atoms with Crippen LogP contribution in [0, 0.1) is 11.3 Å². The van der Waals surface area contributed by atoms with Crippen molar-refractivity contribution in [3.63, 3.8) is 0 Å². The van der Waals surface area contributed by atoms with Crippen LogP contribution in [0.25, 0.3) is 0 Å². The summed E-state index contributed by atoms with van der Waals surface area (Å²) in [6.45, 7) is 8.98. The van der Waals surface area contributed by atoms with Crippen LogP contribution in [-0.2, 0) is 15.1 Å². The van der Waals surface area contributed by atoms with Crippen LogP contribution in [0.3, 0.4) is 0 Å². The van der Waals surface area contributed by atoms with E-state index in [-0.39, 0.29) is 12.5 Å². The van der Waals surface area contributed by atoms with E-state index in [2.05, 4.69) is 18.5 Å². The minimum atomic E-state index is -1.28. The Morgan fingerprint density at radius 2 is 1.85 bits per heavy atom. The van der Waals surface area contributed by atoms with Crippen molar-refractivity contribution in [2.45, 2.75) is 12.5 Å². The number of nitrogens with zero attached hydrogens (tertiary/aromatic N) is 3. The van der Waals surface area contributed by atoms with Gasteiger partial charge in [-0.05, 0) is 24.6 Å². The summed E-state index contributed by atoms with van der Waals surface area (Å²) in [5.74, 6) is -0.893. The molecule has 0 radical (unpaired) electrons. The average Bonchev–Trinajstić information content (AvgIpc) is 2.85. The molecule has 7 nitrogen and oxygen atoms in total. The van der Waals surface area contributed by atoms with Crippen molar-refractivity contribution in [1.82, 2.24) is 15.1 Å². The van der Waals surface area contributed by atoms with Crippen molar-refractivity contribution in [3.8, 4) is 6.07 Å². The van der Waals surface area contributed by atoms with Crippen LogP contribution in [0.1, 0.15) is 18.1 Å². The Balaban J connectivity index is 2.21. The van der Waals surface area contributed by atoms with Gasteiger partial charge in [0.25, 0.3) is 5.91 Å². The maximum absolute atomic E-state index is 12.8. The number of amides is 4. The number of rotatable bonds is 7. The zero-order valence-corrected chi connectivity index (χ0v) is 14.6. The molecule has 1 saturated heterocycles. The lowest BCUT2D eigenvalue weighted by molar-refractivity contribution is -0.138. The van der Waals surface area contributed by atoms with Gasteiger partial charge in [-0.25, -0.2) is 4.79 Å².